The van der Waals surface area contributed by atoms with Gasteiger partial charge in [-0.3, -0.25) is 4.79 Å². The van der Waals surface area contributed by atoms with Gasteiger partial charge in [0.05, 0.1) is 24.2 Å². The first kappa shape index (κ1) is 14.5. The Kier molecular flexibility index (Phi) is 4.74. The van der Waals surface area contributed by atoms with Crippen LogP contribution in [0.1, 0.15) is 27.6 Å². The summed E-state index contributed by atoms with van der Waals surface area (Å²) in [5, 5.41) is 9.75. The topological polar surface area (TPSA) is 59.4 Å². The van der Waals surface area contributed by atoms with E-state index in [1.165, 1.54) is 5.56 Å². The van der Waals surface area contributed by atoms with Gasteiger partial charge in [-0.05, 0) is 31.0 Å². The summed E-state index contributed by atoms with van der Waals surface area (Å²) in [6, 6.07) is 7.90. The summed E-state index contributed by atoms with van der Waals surface area (Å²) in [5.41, 5.74) is 2.11. The lowest BCUT2D eigenvalue weighted by Gasteiger charge is -2.01. The molecule has 106 valence electrons. The van der Waals surface area contributed by atoms with E-state index in [1.54, 1.807) is 18.4 Å². The Bertz CT molecular complexity index is 590. The first-order chi connectivity index (χ1) is 9.58. The number of rotatable bonds is 6. The van der Waals surface area contributed by atoms with E-state index in [9.17, 15) is 4.79 Å². The predicted octanol–water partition coefficient (Wildman–Crippen LogP) is 3.07. The van der Waals surface area contributed by atoms with Gasteiger partial charge in [-0.1, -0.05) is 12.1 Å². The Labute approximate surface area is 122 Å². The number of benzene rings is 1. The zero-order valence-electron chi connectivity index (χ0n) is 11.5. The van der Waals surface area contributed by atoms with Crippen molar-refractivity contribution in [3.05, 3.63) is 45.4 Å². The van der Waals surface area contributed by atoms with Crippen molar-refractivity contribution in [2.75, 3.05) is 7.11 Å². The average molecular weight is 291 g/mol. The van der Waals surface area contributed by atoms with Gasteiger partial charge < -0.3 is 9.84 Å². The molecule has 0 aliphatic carbocycles. The number of aliphatic carboxylic acids is 1. The van der Waals surface area contributed by atoms with Gasteiger partial charge >= 0.3 is 5.97 Å². The molecule has 4 nitrogen and oxygen atoms in total. The van der Waals surface area contributed by atoms with E-state index < -0.39 is 5.97 Å². The van der Waals surface area contributed by atoms with Gasteiger partial charge in [0.15, 0.2) is 0 Å². The number of hydrogen-bond acceptors (Lipinski definition) is 4. The highest BCUT2D eigenvalue weighted by Crippen LogP contribution is 2.23. The highest BCUT2D eigenvalue weighted by molar-refractivity contribution is 7.11. The molecule has 0 bridgehead atoms. The quantitative estimate of drug-likeness (QED) is 0.888. The van der Waals surface area contributed by atoms with Crippen LogP contribution < -0.4 is 4.74 Å². The van der Waals surface area contributed by atoms with Crippen molar-refractivity contribution < 1.29 is 14.6 Å². The first-order valence-corrected chi connectivity index (χ1v) is 7.20. The Hall–Kier alpha value is -1.88. The SMILES string of the molecule is COc1ccc(Cc2nc(C)c(CCC(=O)O)s2)cc1. The molecule has 2 aromatic rings. The van der Waals surface area contributed by atoms with E-state index in [0.29, 0.717) is 6.42 Å². The minimum Gasteiger partial charge on any atom is -0.497 e. The second-order valence-corrected chi connectivity index (χ2v) is 5.70. The highest BCUT2D eigenvalue weighted by Gasteiger charge is 2.10. The number of nitrogens with zero attached hydrogens (tertiary/aromatic N) is 1. The van der Waals surface area contributed by atoms with E-state index in [4.69, 9.17) is 9.84 Å². The average Bonchev–Trinajstić information content (AvgIpc) is 2.77. The third-order valence-electron chi connectivity index (χ3n) is 3.02. The van der Waals surface area contributed by atoms with Crippen molar-refractivity contribution >= 4 is 17.3 Å². The molecule has 1 aromatic heterocycles. The Balaban J connectivity index is 2.05. The second kappa shape index (κ2) is 6.52. The lowest BCUT2D eigenvalue weighted by atomic mass is 10.1. The van der Waals surface area contributed by atoms with Crippen molar-refractivity contribution in [2.24, 2.45) is 0 Å². The third kappa shape index (κ3) is 3.81. The summed E-state index contributed by atoms with van der Waals surface area (Å²) in [5.74, 6) is 0.0701. The lowest BCUT2D eigenvalue weighted by molar-refractivity contribution is -0.136. The van der Waals surface area contributed by atoms with Gasteiger partial charge in [0.1, 0.15) is 5.75 Å². The van der Waals surface area contributed by atoms with Crippen molar-refractivity contribution in [3.63, 3.8) is 0 Å². The number of carbonyl (C=O) groups is 1. The molecular weight excluding hydrogens is 274 g/mol. The molecule has 5 heteroatoms. The number of carboxylic acid groups (broad SMARTS) is 1. The van der Waals surface area contributed by atoms with Crippen LogP contribution in [0.5, 0.6) is 5.75 Å². The summed E-state index contributed by atoms with van der Waals surface area (Å²) >= 11 is 1.60. The smallest absolute Gasteiger partial charge is 0.303 e. The van der Waals surface area contributed by atoms with E-state index in [1.807, 2.05) is 31.2 Å². The maximum atomic E-state index is 10.6. The van der Waals surface area contributed by atoms with Gasteiger partial charge in [0.2, 0.25) is 0 Å². The van der Waals surface area contributed by atoms with Gasteiger partial charge in [0.25, 0.3) is 0 Å². The van der Waals surface area contributed by atoms with Crippen LogP contribution in [0.3, 0.4) is 0 Å². The van der Waals surface area contributed by atoms with Crippen molar-refractivity contribution in [1.82, 2.24) is 4.98 Å². The van der Waals surface area contributed by atoms with Crippen LogP contribution in [-0.2, 0) is 17.6 Å². The normalized spacial score (nSPS) is 10.5. The fourth-order valence-electron chi connectivity index (χ4n) is 1.93. The van der Waals surface area contributed by atoms with Crippen LogP contribution in [0.2, 0.25) is 0 Å². The van der Waals surface area contributed by atoms with E-state index in [0.717, 1.165) is 27.7 Å². The van der Waals surface area contributed by atoms with Gasteiger partial charge in [-0.15, -0.1) is 11.3 Å². The van der Waals surface area contributed by atoms with Crippen LogP contribution in [0.4, 0.5) is 0 Å². The summed E-state index contributed by atoms with van der Waals surface area (Å²) in [4.78, 5) is 16.2. The van der Waals surface area contributed by atoms with Crippen LogP contribution in [-0.4, -0.2) is 23.2 Å². The maximum absolute atomic E-state index is 10.6. The van der Waals surface area contributed by atoms with E-state index in [-0.39, 0.29) is 6.42 Å². The molecule has 0 spiro atoms. The van der Waals surface area contributed by atoms with Gasteiger partial charge in [0, 0.05) is 11.3 Å². The second-order valence-electron chi connectivity index (χ2n) is 4.53. The molecule has 0 radical (unpaired) electrons. The molecule has 0 unspecified atom stereocenters. The maximum Gasteiger partial charge on any atom is 0.303 e. The number of aryl methyl sites for hydroxylation is 2. The van der Waals surface area contributed by atoms with Gasteiger partial charge in [-0.2, -0.15) is 0 Å². The molecule has 0 atom stereocenters. The van der Waals surface area contributed by atoms with Crippen molar-refractivity contribution in [3.8, 4) is 5.75 Å². The molecule has 0 saturated heterocycles. The number of methoxy groups -OCH3 is 1. The summed E-state index contributed by atoms with van der Waals surface area (Å²) in [6.45, 7) is 1.94. The minimum atomic E-state index is -0.769. The van der Waals surface area contributed by atoms with Crippen LogP contribution in [0.15, 0.2) is 24.3 Å². The van der Waals surface area contributed by atoms with Crippen molar-refractivity contribution in [1.29, 1.82) is 0 Å². The number of hydrogen-bond donors (Lipinski definition) is 1. The number of thiazole rings is 1. The fourth-order valence-corrected chi connectivity index (χ4v) is 3.04. The number of carboxylic acids is 1. The Morgan fingerprint density at radius 3 is 2.65 bits per heavy atom. The number of aromatic nitrogens is 1. The largest absolute Gasteiger partial charge is 0.497 e. The van der Waals surface area contributed by atoms with Crippen LogP contribution in [0.25, 0.3) is 0 Å². The lowest BCUT2D eigenvalue weighted by Crippen LogP contribution is -1.96. The van der Waals surface area contributed by atoms with Crippen LogP contribution in [0, 0.1) is 6.92 Å². The Morgan fingerprint density at radius 1 is 1.35 bits per heavy atom. The van der Waals surface area contributed by atoms with E-state index >= 15 is 0 Å². The molecule has 0 saturated carbocycles. The molecular formula is C15H17NO3S. The molecule has 1 aromatic carbocycles. The number of ether oxygens (including phenoxy) is 1. The fraction of sp³-hybridized carbons (Fsp3) is 0.333. The molecule has 20 heavy (non-hydrogen) atoms. The zero-order valence-corrected chi connectivity index (χ0v) is 12.4. The van der Waals surface area contributed by atoms with Crippen molar-refractivity contribution in [2.45, 2.75) is 26.2 Å². The minimum absolute atomic E-state index is 0.158. The molecule has 2 rings (SSSR count). The zero-order chi connectivity index (χ0) is 14.5. The molecule has 0 fully saturated rings. The van der Waals surface area contributed by atoms with E-state index in [2.05, 4.69) is 4.98 Å². The highest BCUT2D eigenvalue weighted by atomic mass is 32.1. The third-order valence-corrected chi connectivity index (χ3v) is 4.23. The molecule has 0 aliphatic heterocycles. The summed E-state index contributed by atoms with van der Waals surface area (Å²) in [7, 11) is 1.65. The van der Waals surface area contributed by atoms with Crippen LogP contribution >= 0.6 is 11.3 Å². The standard InChI is InChI=1S/C15H17NO3S/c1-10-13(7-8-15(17)18)20-14(16-10)9-11-3-5-12(19-2)6-4-11/h3-6H,7-9H2,1-2H3,(H,17,18). The molecule has 0 aliphatic rings. The summed E-state index contributed by atoms with van der Waals surface area (Å²) in [6.07, 6.45) is 1.48. The molecule has 1 N–H and O–H groups in total. The Morgan fingerprint density at radius 2 is 2.05 bits per heavy atom. The predicted molar refractivity (Wildman–Crippen MR) is 78.6 cm³/mol. The molecule has 1 heterocycles. The monoisotopic (exact) mass is 291 g/mol. The summed E-state index contributed by atoms with van der Waals surface area (Å²) < 4.78 is 5.13. The molecule has 0 amide bonds. The first-order valence-electron chi connectivity index (χ1n) is 6.38. The van der Waals surface area contributed by atoms with Gasteiger partial charge in [-0.25, -0.2) is 4.98 Å².